The van der Waals surface area contributed by atoms with Crippen molar-refractivity contribution >= 4 is 68.1 Å². The highest BCUT2D eigenvalue weighted by molar-refractivity contribution is 8.01. The van der Waals surface area contributed by atoms with Crippen molar-refractivity contribution in [3.63, 3.8) is 0 Å². The van der Waals surface area contributed by atoms with Crippen LogP contribution in [0.1, 0.15) is 0 Å². The van der Waals surface area contributed by atoms with Crippen molar-refractivity contribution in [2.45, 2.75) is 4.34 Å². The number of aromatic nitrogens is 1. The quantitative estimate of drug-likeness (QED) is 0.604. The number of hydrogen-bond acceptors (Lipinski definition) is 4. The van der Waals surface area contributed by atoms with E-state index < -0.39 is 5.82 Å². The second-order valence-corrected chi connectivity index (χ2v) is 7.65. The maximum Gasteiger partial charge on any atom is 0.234 e. The first kappa shape index (κ1) is 16.5. The molecule has 0 saturated carbocycles. The molecule has 1 heterocycles. The minimum Gasteiger partial charge on any atom is -0.325 e. The first-order valence-corrected chi connectivity index (χ1v) is 9.01. The normalized spacial score (nSPS) is 10.9. The van der Waals surface area contributed by atoms with Crippen LogP contribution in [0.15, 0.2) is 40.7 Å². The number of thiazole rings is 1. The molecule has 0 radical (unpaired) electrons. The van der Waals surface area contributed by atoms with Gasteiger partial charge in [-0.2, -0.15) is 0 Å². The highest BCUT2D eigenvalue weighted by atomic mass is 35.5. The minimum atomic E-state index is -0.521. The van der Waals surface area contributed by atoms with Gasteiger partial charge in [-0.3, -0.25) is 4.79 Å². The molecule has 0 bridgehead atoms. The van der Waals surface area contributed by atoms with E-state index in [1.807, 2.05) is 12.1 Å². The Hall–Kier alpha value is -1.34. The minimum absolute atomic E-state index is 0.0292. The van der Waals surface area contributed by atoms with Crippen LogP contribution in [0.25, 0.3) is 10.2 Å². The molecule has 0 unspecified atom stereocenters. The zero-order chi connectivity index (χ0) is 16.4. The molecule has 2 aromatic carbocycles. The summed E-state index contributed by atoms with van der Waals surface area (Å²) in [4.78, 5) is 16.4. The van der Waals surface area contributed by atoms with Gasteiger partial charge in [0.05, 0.1) is 21.0 Å². The van der Waals surface area contributed by atoms with E-state index in [1.54, 1.807) is 6.07 Å². The average molecular weight is 387 g/mol. The van der Waals surface area contributed by atoms with Crippen molar-refractivity contribution < 1.29 is 9.18 Å². The van der Waals surface area contributed by atoms with E-state index in [4.69, 9.17) is 23.2 Å². The van der Waals surface area contributed by atoms with E-state index in [2.05, 4.69) is 10.3 Å². The Labute approximate surface area is 149 Å². The lowest BCUT2D eigenvalue weighted by Gasteiger charge is -2.05. The van der Waals surface area contributed by atoms with Gasteiger partial charge in [0.25, 0.3) is 0 Å². The Morgan fingerprint density at radius 3 is 2.87 bits per heavy atom. The van der Waals surface area contributed by atoms with E-state index >= 15 is 0 Å². The zero-order valence-electron chi connectivity index (χ0n) is 11.5. The van der Waals surface area contributed by atoms with Gasteiger partial charge in [-0.05, 0) is 36.4 Å². The number of rotatable bonds is 4. The molecule has 1 amide bonds. The van der Waals surface area contributed by atoms with E-state index in [0.29, 0.717) is 10.7 Å². The highest BCUT2D eigenvalue weighted by Gasteiger charge is 2.09. The Morgan fingerprint density at radius 2 is 2.09 bits per heavy atom. The number of hydrogen-bond donors (Lipinski definition) is 1. The van der Waals surface area contributed by atoms with Crippen molar-refractivity contribution in [1.29, 1.82) is 0 Å². The molecule has 3 nitrogen and oxygen atoms in total. The van der Waals surface area contributed by atoms with Crippen LogP contribution in [0.2, 0.25) is 10.0 Å². The number of nitrogens with one attached hydrogen (secondary N) is 1. The first-order valence-electron chi connectivity index (χ1n) is 6.45. The van der Waals surface area contributed by atoms with Crippen LogP contribution in [0.5, 0.6) is 0 Å². The van der Waals surface area contributed by atoms with Crippen molar-refractivity contribution in [3.8, 4) is 0 Å². The molecule has 0 aliphatic heterocycles. The summed E-state index contributed by atoms with van der Waals surface area (Å²) in [5.41, 5.74) is 1.27. The average Bonchev–Trinajstić information content (AvgIpc) is 2.91. The number of thioether (sulfide) groups is 1. The van der Waals surface area contributed by atoms with Gasteiger partial charge in [0, 0.05) is 10.7 Å². The van der Waals surface area contributed by atoms with Crippen molar-refractivity contribution in [3.05, 3.63) is 52.3 Å². The van der Waals surface area contributed by atoms with Gasteiger partial charge < -0.3 is 5.32 Å². The summed E-state index contributed by atoms with van der Waals surface area (Å²) in [6, 6.07) is 9.55. The fourth-order valence-electron chi connectivity index (χ4n) is 1.84. The topological polar surface area (TPSA) is 42.0 Å². The molecule has 8 heteroatoms. The fraction of sp³-hybridized carbons (Fsp3) is 0.0667. The van der Waals surface area contributed by atoms with Crippen molar-refractivity contribution in [2.24, 2.45) is 0 Å². The summed E-state index contributed by atoms with van der Waals surface area (Å²) in [5.74, 6) is -0.537. The number of nitrogens with zero attached hydrogens (tertiary/aromatic N) is 1. The van der Waals surface area contributed by atoms with Gasteiger partial charge in [-0.25, -0.2) is 9.37 Å². The number of anilines is 1. The van der Waals surface area contributed by atoms with Crippen LogP contribution in [-0.2, 0) is 4.79 Å². The number of halogens is 3. The maximum atomic E-state index is 13.1. The molecule has 0 atom stereocenters. The van der Waals surface area contributed by atoms with Gasteiger partial charge in [0.1, 0.15) is 5.82 Å². The molecule has 0 fully saturated rings. The van der Waals surface area contributed by atoms with Crippen LogP contribution < -0.4 is 5.32 Å². The van der Waals surface area contributed by atoms with E-state index in [9.17, 15) is 9.18 Å². The molecule has 1 N–H and O–H groups in total. The summed E-state index contributed by atoms with van der Waals surface area (Å²) in [6.07, 6.45) is 0. The van der Waals surface area contributed by atoms with Crippen LogP contribution in [-0.4, -0.2) is 16.6 Å². The predicted octanol–water partition coefficient (Wildman–Crippen LogP) is 5.47. The molecule has 0 spiro atoms. The largest absolute Gasteiger partial charge is 0.325 e. The third kappa shape index (κ3) is 4.14. The summed E-state index contributed by atoms with van der Waals surface area (Å²) in [5, 5.41) is 3.27. The lowest BCUT2D eigenvalue weighted by Crippen LogP contribution is -2.13. The molecular formula is C15H9Cl2FN2OS2. The summed E-state index contributed by atoms with van der Waals surface area (Å²) < 4.78 is 14.9. The third-order valence-electron chi connectivity index (χ3n) is 2.86. The number of carbonyl (C=O) groups is 1. The molecule has 0 aliphatic rings. The number of amides is 1. The highest BCUT2D eigenvalue weighted by Crippen LogP contribution is 2.31. The third-order valence-corrected chi connectivity index (χ3v) is 5.56. The van der Waals surface area contributed by atoms with Gasteiger partial charge in [-0.1, -0.05) is 35.0 Å². The predicted molar refractivity (Wildman–Crippen MR) is 95.4 cm³/mol. The Morgan fingerprint density at radius 1 is 1.26 bits per heavy atom. The van der Waals surface area contributed by atoms with Gasteiger partial charge in [0.2, 0.25) is 5.91 Å². The Balaban J connectivity index is 1.62. The summed E-state index contributed by atoms with van der Waals surface area (Å²) in [7, 11) is 0. The number of benzene rings is 2. The smallest absolute Gasteiger partial charge is 0.234 e. The molecule has 0 aliphatic carbocycles. The van der Waals surface area contributed by atoms with Crippen LogP contribution >= 0.6 is 46.3 Å². The SMILES string of the molecule is O=C(CSc1nc2cc(Cl)ccc2s1)Nc1ccc(F)c(Cl)c1. The van der Waals surface area contributed by atoms with Crippen molar-refractivity contribution in [1.82, 2.24) is 4.98 Å². The van der Waals surface area contributed by atoms with Crippen LogP contribution in [0, 0.1) is 5.82 Å². The lowest BCUT2D eigenvalue weighted by molar-refractivity contribution is -0.113. The Bertz CT molecular complexity index is 885. The fourth-order valence-corrected chi connectivity index (χ4v) is 4.04. The molecule has 23 heavy (non-hydrogen) atoms. The molecular weight excluding hydrogens is 378 g/mol. The molecule has 3 rings (SSSR count). The standard InChI is InChI=1S/C15H9Cl2FN2OS2/c16-8-1-4-13-12(5-8)20-15(23-13)22-7-14(21)19-9-2-3-11(18)10(17)6-9/h1-6H,7H2,(H,19,21). The number of carbonyl (C=O) groups excluding carboxylic acids is 1. The van der Waals surface area contributed by atoms with Gasteiger partial charge in [0.15, 0.2) is 4.34 Å². The monoisotopic (exact) mass is 386 g/mol. The molecule has 118 valence electrons. The summed E-state index contributed by atoms with van der Waals surface area (Å²) >= 11 is 14.4. The molecule has 3 aromatic rings. The second-order valence-electron chi connectivity index (χ2n) is 4.56. The molecule has 1 aromatic heterocycles. The first-order chi connectivity index (χ1) is 11.0. The molecule has 0 saturated heterocycles. The van der Waals surface area contributed by atoms with Crippen LogP contribution in [0.3, 0.4) is 0 Å². The van der Waals surface area contributed by atoms with Gasteiger partial charge in [-0.15, -0.1) is 11.3 Å². The number of fused-ring (bicyclic) bond motifs is 1. The summed E-state index contributed by atoms with van der Waals surface area (Å²) in [6.45, 7) is 0. The maximum absolute atomic E-state index is 13.1. The van der Waals surface area contributed by atoms with E-state index in [0.717, 1.165) is 14.6 Å². The Kier molecular flexibility index (Phi) is 5.06. The zero-order valence-corrected chi connectivity index (χ0v) is 14.6. The van der Waals surface area contributed by atoms with E-state index in [-0.39, 0.29) is 16.7 Å². The lowest BCUT2D eigenvalue weighted by atomic mass is 10.3. The van der Waals surface area contributed by atoms with Gasteiger partial charge >= 0.3 is 0 Å². The van der Waals surface area contributed by atoms with Crippen molar-refractivity contribution in [2.75, 3.05) is 11.1 Å². The van der Waals surface area contributed by atoms with Crippen LogP contribution in [0.4, 0.5) is 10.1 Å². The second kappa shape index (κ2) is 7.05. The van der Waals surface area contributed by atoms with E-state index in [1.165, 1.54) is 41.3 Å².